The Morgan fingerprint density at radius 1 is 1.09 bits per heavy atom. The van der Waals surface area contributed by atoms with Crippen molar-refractivity contribution < 1.29 is 23.9 Å². The van der Waals surface area contributed by atoms with Crippen molar-refractivity contribution in [3.63, 3.8) is 0 Å². The Kier molecular flexibility index (Phi) is 5.85. The molecule has 9 heteroatoms. The SMILES string of the molecule is CC1(c2ccc(Cl)cc2)NC(=O)N(CC(=O)N2CCCC2c2ccc3c(c2)OCCCO3)C1=O. The van der Waals surface area contributed by atoms with Crippen LogP contribution in [-0.2, 0) is 15.1 Å². The van der Waals surface area contributed by atoms with E-state index in [1.54, 1.807) is 36.1 Å². The number of rotatable bonds is 4. The van der Waals surface area contributed by atoms with Gasteiger partial charge in [-0.1, -0.05) is 29.8 Å². The maximum Gasteiger partial charge on any atom is 0.325 e. The van der Waals surface area contributed by atoms with Gasteiger partial charge in [-0.05, 0) is 55.2 Å². The van der Waals surface area contributed by atoms with Gasteiger partial charge >= 0.3 is 6.03 Å². The van der Waals surface area contributed by atoms with Gasteiger partial charge in [-0.25, -0.2) is 4.79 Å². The first kappa shape index (κ1) is 22.5. The van der Waals surface area contributed by atoms with Gasteiger partial charge in [-0.3, -0.25) is 14.5 Å². The summed E-state index contributed by atoms with van der Waals surface area (Å²) in [6.45, 7) is 3.09. The highest BCUT2D eigenvalue weighted by molar-refractivity contribution is 6.30. The van der Waals surface area contributed by atoms with E-state index in [2.05, 4.69) is 5.32 Å². The molecule has 0 bridgehead atoms. The summed E-state index contributed by atoms with van der Waals surface area (Å²) in [5.41, 5.74) is 0.315. The standard InChI is InChI=1S/C25H26ClN3O5/c1-25(17-6-8-18(26)9-7-17)23(31)29(24(32)27-25)15-22(30)28-11-2-4-19(28)16-5-10-20-21(14-16)34-13-3-12-33-20/h5-10,14,19H,2-4,11-13,15H2,1H3,(H,27,32). The van der Waals surface area contributed by atoms with Crippen LogP contribution in [-0.4, -0.2) is 53.9 Å². The highest BCUT2D eigenvalue weighted by Gasteiger charge is 2.50. The summed E-state index contributed by atoms with van der Waals surface area (Å²) in [6, 6.07) is 11.8. The number of nitrogens with one attached hydrogen (secondary N) is 1. The van der Waals surface area contributed by atoms with E-state index in [4.69, 9.17) is 21.1 Å². The molecule has 0 aliphatic carbocycles. The third kappa shape index (κ3) is 3.96. The fourth-order valence-electron chi connectivity index (χ4n) is 4.84. The molecule has 0 spiro atoms. The minimum absolute atomic E-state index is 0.145. The van der Waals surface area contributed by atoms with Crippen LogP contribution < -0.4 is 14.8 Å². The lowest BCUT2D eigenvalue weighted by atomic mass is 9.92. The van der Waals surface area contributed by atoms with Crippen LogP contribution in [0.5, 0.6) is 11.5 Å². The molecule has 2 saturated heterocycles. The van der Waals surface area contributed by atoms with E-state index in [0.29, 0.717) is 41.8 Å². The Morgan fingerprint density at radius 2 is 1.82 bits per heavy atom. The minimum atomic E-state index is -1.25. The number of likely N-dealkylation sites (tertiary alicyclic amines) is 1. The monoisotopic (exact) mass is 483 g/mol. The van der Waals surface area contributed by atoms with Crippen molar-refractivity contribution in [2.75, 3.05) is 26.3 Å². The second kappa shape index (κ2) is 8.83. The zero-order chi connectivity index (χ0) is 23.9. The number of hydrogen-bond donors (Lipinski definition) is 1. The summed E-state index contributed by atoms with van der Waals surface area (Å²) in [7, 11) is 0. The molecule has 0 radical (unpaired) electrons. The molecule has 2 aromatic carbocycles. The molecule has 1 N–H and O–H groups in total. The van der Waals surface area contributed by atoms with Crippen molar-refractivity contribution in [1.82, 2.24) is 15.1 Å². The largest absolute Gasteiger partial charge is 0.490 e. The van der Waals surface area contributed by atoms with Crippen molar-refractivity contribution in [3.8, 4) is 11.5 Å². The van der Waals surface area contributed by atoms with E-state index < -0.39 is 17.5 Å². The number of benzene rings is 2. The van der Waals surface area contributed by atoms with Gasteiger partial charge in [0.15, 0.2) is 11.5 Å². The van der Waals surface area contributed by atoms with Gasteiger partial charge in [0.2, 0.25) is 5.91 Å². The highest BCUT2D eigenvalue weighted by Crippen LogP contribution is 2.38. The number of hydrogen-bond acceptors (Lipinski definition) is 5. The molecule has 2 unspecified atom stereocenters. The van der Waals surface area contributed by atoms with E-state index in [1.165, 1.54) is 0 Å². The van der Waals surface area contributed by atoms with Gasteiger partial charge in [-0.15, -0.1) is 0 Å². The molecule has 178 valence electrons. The van der Waals surface area contributed by atoms with Crippen LogP contribution >= 0.6 is 11.6 Å². The number of ether oxygens (including phenoxy) is 2. The third-order valence-corrected chi connectivity index (χ3v) is 6.97. The molecule has 2 aromatic rings. The summed E-state index contributed by atoms with van der Waals surface area (Å²) >= 11 is 5.96. The molecular weight excluding hydrogens is 458 g/mol. The first-order valence-corrected chi connectivity index (χ1v) is 11.8. The topological polar surface area (TPSA) is 88.2 Å². The van der Waals surface area contributed by atoms with Crippen molar-refractivity contribution >= 4 is 29.4 Å². The second-order valence-corrected chi connectivity index (χ2v) is 9.39. The Labute approximate surface area is 202 Å². The molecule has 34 heavy (non-hydrogen) atoms. The summed E-state index contributed by atoms with van der Waals surface area (Å²) in [4.78, 5) is 42.0. The maximum atomic E-state index is 13.3. The predicted octanol–water partition coefficient (Wildman–Crippen LogP) is 3.63. The average Bonchev–Trinajstić information content (AvgIpc) is 3.30. The summed E-state index contributed by atoms with van der Waals surface area (Å²) in [6.07, 6.45) is 2.46. The molecule has 4 amide bonds. The molecule has 0 saturated carbocycles. The van der Waals surface area contributed by atoms with Gasteiger partial charge in [0.1, 0.15) is 12.1 Å². The van der Waals surface area contributed by atoms with Crippen molar-refractivity contribution in [2.24, 2.45) is 0 Å². The third-order valence-electron chi connectivity index (χ3n) is 6.72. The molecule has 8 nitrogen and oxygen atoms in total. The first-order chi connectivity index (χ1) is 16.4. The second-order valence-electron chi connectivity index (χ2n) is 8.96. The number of carbonyl (C=O) groups is 3. The van der Waals surface area contributed by atoms with Crippen LogP contribution in [0.4, 0.5) is 4.79 Å². The molecule has 3 heterocycles. The predicted molar refractivity (Wildman–Crippen MR) is 125 cm³/mol. The molecule has 2 atom stereocenters. The van der Waals surface area contributed by atoms with Gasteiger partial charge in [0, 0.05) is 18.0 Å². The number of halogens is 1. The van der Waals surface area contributed by atoms with Gasteiger partial charge < -0.3 is 19.7 Å². The van der Waals surface area contributed by atoms with Gasteiger partial charge in [0.05, 0.1) is 19.3 Å². The van der Waals surface area contributed by atoms with E-state index in [-0.39, 0.29) is 18.5 Å². The lowest BCUT2D eigenvalue weighted by Gasteiger charge is -2.27. The Hall–Kier alpha value is -3.26. The minimum Gasteiger partial charge on any atom is -0.490 e. The highest BCUT2D eigenvalue weighted by atomic mass is 35.5. The normalized spacial score (nSPS) is 24.2. The van der Waals surface area contributed by atoms with Gasteiger partial charge in [-0.2, -0.15) is 0 Å². The van der Waals surface area contributed by atoms with Crippen molar-refractivity contribution in [1.29, 1.82) is 0 Å². The van der Waals surface area contributed by atoms with E-state index >= 15 is 0 Å². The molecule has 3 aliphatic rings. The van der Waals surface area contributed by atoms with Crippen LogP contribution in [0.15, 0.2) is 42.5 Å². The lowest BCUT2D eigenvalue weighted by Crippen LogP contribution is -2.44. The quantitative estimate of drug-likeness (QED) is 0.671. The zero-order valence-corrected chi connectivity index (χ0v) is 19.6. The molecule has 2 fully saturated rings. The number of amides is 4. The number of carbonyl (C=O) groups excluding carboxylic acids is 3. The molecule has 5 rings (SSSR count). The average molecular weight is 484 g/mol. The number of nitrogens with zero attached hydrogens (tertiary/aromatic N) is 2. The number of imide groups is 1. The summed E-state index contributed by atoms with van der Waals surface area (Å²) in [5, 5.41) is 3.27. The van der Waals surface area contributed by atoms with E-state index in [0.717, 1.165) is 29.7 Å². The molecule has 0 aromatic heterocycles. The fraction of sp³-hybridized carbons (Fsp3) is 0.400. The lowest BCUT2D eigenvalue weighted by molar-refractivity contribution is -0.139. The number of urea groups is 1. The molecule has 3 aliphatic heterocycles. The fourth-order valence-corrected chi connectivity index (χ4v) is 4.97. The Morgan fingerprint density at radius 3 is 2.59 bits per heavy atom. The number of fused-ring (bicyclic) bond motifs is 1. The Bertz CT molecular complexity index is 1140. The first-order valence-electron chi connectivity index (χ1n) is 11.5. The van der Waals surface area contributed by atoms with Crippen LogP contribution in [0.2, 0.25) is 5.02 Å². The summed E-state index contributed by atoms with van der Waals surface area (Å²) in [5.74, 6) is 0.665. The van der Waals surface area contributed by atoms with Crippen molar-refractivity contribution in [2.45, 2.75) is 37.8 Å². The van der Waals surface area contributed by atoms with Crippen LogP contribution in [0.3, 0.4) is 0 Å². The summed E-state index contributed by atoms with van der Waals surface area (Å²) < 4.78 is 11.5. The van der Waals surface area contributed by atoms with Crippen molar-refractivity contribution in [3.05, 3.63) is 58.6 Å². The van der Waals surface area contributed by atoms with Crippen LogP contribution in [0.1, 0.15) is 43.4 Å². The van der Waals surface area contributed by atoms with E-state index in [9.17, 15) is 14.4 Å². The van der Waals surface area contributed by atoms with E-state index in [1.807, 2.05) is 18.2 Å². The maximum absolute atomic E-state index is 13.3. The molecular formula is C25H26ClN3O5. The smallest absolute Gasteiger partial charge is 0.325 e. The van der Waals surface area contributed by atoms with Gasteiger partial charge in [0.25, 0.3) is 5.91 Å². The van der Waals surface area contributed by atoms with Crippen LogP contribution in [0, 0.1) is 0 Å². The Balaban J connectivity index is 1.33. The van der Waals surface area contributed by atoms with Crippen LogP contribution in [0.25, 0.3) is 0 Å². The zero-order valence-electron chi connectivity index (χ0n) is 18.9.